The van der Waals surface area contributed by atoms with E-state index in [0.29, 0.717) is 13.0 Å². The van der Waals surface area contributed by atoms with Gasteiger partial charge in [-0.25, -0.2) is 0 Å². The minimum Gasteiger partial charge on any atom is -0.466 e. The maximum Gasteiger partial charge on any atom is 0.307 e. The number of unbranched alkanes of at least 4 members (excludes halogenated alkanes) is 1. The minimum absolute atomic E-state index is 0.0503. The smallest absolute Gasteiger partial charge is 0.307 e. The van der Waals surface area contributed by atoms with Crippen molar-refractivity contribution in [2.24, 2.45) is 0 Å². The van der Waals surface area contributed by atoms with Gasteiger partial charge in [-0.15, -0.1) is 0 Å². The van der Waals surface area contributed by atoms with Gasteiger partial charge in [-0.05, 0) is 32.4 Å². The van der Waals surface area contributed by atoms with Crippen LogP contribution >= 0.6 is 0 Å². The molecule has 0 rings (SSSR count). The van der Waals surface area contributed by atoms with Gasteiger partial charge in [0.05, 0.1) is 13.0 Å². The second-order valence-electron chi connectivity index (χ2n) is 4.17. The van der Waals surface area contributed by atoms with Gasteiger partial charge in [0.1, 0.15) is 0 Å². The van der Waals surface area contributed by atoms with Gasteiger partial charge < -0.3 is 9.64 Å². The number of hydrogen-bond donors (Lipinski definition) is 0. The monoisotopic (exact) mass is 229 g/mol. The molecule has 0 spiro atoms. The summed E-state index contributed by atoms with van der Waals surface area (Å²) in [6.07, 6.45) is 4.87. The average Bonchev–Trinajstić information content (AvgIpc) is 2.27. The van der Waals surface area contributed by atoms with E-state index in [1.807, 2.05) is 0 Å². The first-order chi connectivity index (χ1) is 7.74. The van der Waals surface area contributed by atoms with E-state index in [-0.39, 0.29) is 5.97 Å². The number of carbonyl (C=O) groups excluding carboxylic acids is 1. The lowest BCUT2D eigenvalue weighted by Gasteiger charge is -2.20. The van der Waals surface area contributed by atoms with Gasteiger partial charge >= 0.3 is 5.97 Å². The summed E-state index contributed by atoms with van der Waals surface area (Å²) in [6, 6.07) is 0. The molecule has 0 saturated carbocycles. The number of rotatable bonds is 10. The van der Waals surface area contributed by atoms with E-state index in [4.69, 9.17) is 4.74 Å². The van der Waals surface area contributed by atoms with E-state index in [2.05, 4.69) is 25.7 Å². The van der Waals surface area contributed by atoms with Crippen LogP contribution in [0.2, 0.25) is 0 Å². The Balaban J connectivity index is 3.60. The van der Waals surface area contributed by atoms with Crippen LogP contribution in [0.5, 0.6) is 0 Å². The summed E-state index contributed by atoms with van der Waals surface area (Å²) < 4.78 is 5.12. The Morgan fingerprint density at radius 3 is 2.12 bits per heavy atom. The molecule has 3 nitrogen and oxygen atoms in total. The molecule has 16 heavy (non-hydrogen) atoms. The Labute approximate surface area is 100 Å². The van der Waals surface area contributed by atoms with Crippen LogP contribution in [0.15, 0.2) is 0 Å². The molecule has 0 unspecified atom stereocenters. The maximum absolute atomic E-state index is 11.4. The molecule has 0 atom stereocenters. The van der Waals surface area contributed by atoms with Crippen molar-refractivity contribution in [2.75, 3.05) is 26.2 Å². The fraction of sp³-hybridized carbons (Fsp3) is 0.923. The largest absolute Gasteiger partial charge is 0.466 e. The molecule has 0 N–H and O–H groups in total. The zero-order valence-corrected chi connectivity index (χ0v) is 11.1. The van der Waals surface area contributed by atoms with Crippen molar-refractivity contribution in [3.63, 3.8) is 0 Å². The highest BCUT2D eigenvalue weighted by Gasteiger charge is 2.07. The molecule has 0 aliphatic carbocycles. The molecule has 0 aromatic rings. The van der Waals surface area contributed by atoms with E-state index >= 15 is 0 Å². The molecule has 0 saturated heterocycles. The molecule has 0 aromatic carbocycles. The quantitative estimate of drug-likeness (QED) is 0.426. The van der Waals surface area contributed by atoms with Crippen molar-refractivity contribution in [3.05, 3.63) is 0 Å². The van der Waals surface area contributed by atoms with Crippen LogP contribution in [0, 0.1) is 0 Å². The van der Waals surface area contributed by atoms with E-state index in [0.717, 1.165) is 45.3 Å². The molecule has 96 valence electrons. The summed E-state index contributed by atoms with van der Waals surface area (Å²) in [7, 11) is 0. The van der Waals surface area contributed by atoms with Gasteiger partial charge in [0.25, 0.3) is 0 Å². The standard InChI is InChI=1S/C13H27NO2/c1-4-7-12-16-13(15)8-11-14(9-5-2)10-6-3/h4-12H2,1-3H3. The molecule has 0 heterocycles. The Morgan fingerprint density at radius 2 is 1.62 bits per heavy atom. The topological polar surface area (TPSA) is 29.5 Å². The third-order valence-electron chi connectivity index (χ3n) is 2.47. The first-order valence-electron chi connectivity index (χ1n) is 6.62. The summed E-state index contributed by atoms with van der Waals surface area (Å²) in [5.74, 6) is -0.0503. The van der Waals surface area contributed by atoms with Gasteiger partial charge in [-0.3, -0.25) is 4.79 Å². The Hall–Kier alpha value is -0.570. The normalized spacial score (nSPS) is 10.8. The SMILES string of the molecule is CCCCOC(=O)CCN(CCC)CCC. The van der Waals surface area contributed by atoms with Crippen molar-refractivity contribution >= 4 is 5.97 Å². The van der Waals surface area contributed by atoms with Crippen molar-refractivity contribution in [2.45, 2.75) is 52.9 Å². The Bertz CT molecular complexity index is 165. The molecule has 0 fully saturated rings. The number of hydrogen-bond acceptors (Lipinski definition) is 3. The molecule has 0 bridgehead atoms. The predicted octanol–water partition coefficient (Wildman–Crippen LogP) is 2.84. The van der Waals surface area contributed by atoms with Gasteiger partial charge in [-0.2, -0.15) is 0 Å². The van der Waals surface area contributed by atoms with E-state index in [9.17, 15) is 4.79 Å². The zero-order valence-electron chi connectivity index (χ0n) is 11.1. The lowest BCUT2D eigenvalue weighted by atomic mass is 10.3. The van der Waals surface area contributed by atoms with Crippen molar-refractivity contribution in [3.8, 4) is 0 Å². The van der Waals surface area contributed by atoms with Gasteiger partial charge in [-0.1, -0.05) is 27.2 Å². The molecular weight excluding hydrogens is 202 g/mol. The summed E-state index contributed by atoms with van der Waals surface area (Å²) in [5.41, 5.74) is 0. The minimum atomic E-state index is -0.0503. The number of esters is 1. The number of nitrogens with zero attached hydrogens (tertiary/aromatic N) is 1. The molecule has 3 heteroatoms. The van der Waals surface area contributed by atoms with Crippen LogP contribution in [0.3, 0.4) is 0 Å². The molecule has 0 aliphatic rings. The van der Waals surface area contributed by atoms with E-state index in [1.54, 1.807) is 0 Å². The molecular formula is C13H27NO2. The second-order valence-corrected chi connectivity index (χ2v) is 4.17. The van der Waals surface area contributed by atoms with Crippen LogP contribution in [0.1, 0.15) is 52.9 Å². The van der Waals surface area contributed by atoms with Gasteiger partial charge in [0.2, 0.25) is 0 Å². The van der Waals surface area contributed by atoms with Crippen LogP contribution in [-0.4, -0.2) is 37.1 Å². The first-order valence-corrected chi connectivity index (χ1v) is 6.62. The third kappa shape index (κ3) is 8.72. The lowest BCUT2D eigenvalue weighted by molar-refractivity contribution is -0.144. The Kier molecular flexibility index (Phi) is 10.5. The van der Waals surface area contributed by atoms with Gasteiger partial charge in [0, 0.05) is 6.54 Å². The highest BCUT2D eigenvalue weighted by Crippen LogP contribution is 1.98. The molecule has 0 radical (unpaired) electrons. The highest BCUT2D eigenvalue weighted by molar-refractivity contribution is 5.69. The summed E-state index contributed by atoms with van der Waals surface area (Å²) in [4.78, 5) is 13.7. The fourth-order valence-electron chi connectivity index (χ4n) is 1.62. The van der Waals surface area contributed by atoms with Crippen LogP contribution in [-0.2, 0) is 9.53 Å². The fourth-order valence-corrected chi connectivity index (χ4v) is 1.62. The maximum atomic E-state index is 11.4. The number of ether oxygens (including phenoxy) is 1. The Morgan fingerprint density at radius 1 is 1.00 bits per heavy atom. The predicted molar refractivity (Wildman–Crippen MR) is 67.5 cm³/mol. The lowest BCUT2D eigenvalue weighted by Crippen LogP contribution is -2.28. The van der Waals surface area contributed by atoms with Gasteiger partial charge in [0.15, 0.2) is 0 Å². The summed E-state index contributed by atoms with van der Waals surface area (Å²) in [6.45, 7) is 10.0. The third-order valence-corrected chi connectivity index (χ3v) is 2.47. The molecule has 0 amide bonds. The zero-order chi connectivity index (χ0) is 12.2. The van der Waals surface area contributed by atoms with Crippen LogP contribution in [0.25, 0.3) is 0 Å². The summed E-state index contributed by atoms with van der Waals surface area (Å²) in [5, 5.41) is 0. The van der Waals surface area contributed by atoms with Crippen LogP contribution in [0.4, 0.5) is 0 Å². The number of carbonyl (C=O) groups is 1. The van der Waals surface area contributed by atoms with Crippen molar-refractivity contribution < 1.29 is 9.53 Å². The molecule has 0 aliphatic heterocycles. The van der Waals surface area contributed by atoms with E-state index < -0.39 is 0 Å². The van der Waals surface area contributed by atoms with Crippen molar-refractivity contribution in [1.82, 2.24) is 4.90 Å². The van der Waals surface area contributed by atoms with Crippen molar-refractivity contribution in [1.29, 1.82) is 0 Å². The average molecular weight is 229 g/mol. The molecule has 0 aromatic heterocycles. The van der Waals surface area contributed by atoms with Crippen LogP contribution < -0.4 is 0 Å². The highest BCUT2D eigenvalue weighted by atomic mass is 16.5. The summed E-state index contributed by atoms with van der Waals surface area (Å²) >= 11 is 0. The van der Waals surface area contributed by atoms with E-state index in [1.165, 1.54) is 0 Å². The first kappa shape index (κ1) is 15.4. The second kappa shape index (κ2) is 10.9.